The lowest BCUT2D eigenvalue weighted by Gasteiger charge is -2.26. The smallest absolute Gasteiger partial charge is 0.306 e. The molecule has 0 fully saturated rings. The fourth-order valence-electron chi connectivity index (χ4n) is 9.23. The van der Waals surface area contributed by atoms with Gasteiger partial charge in [0, 0.05) is 12.8 Å². The van der Waals surface area contributed by atoms with Gasteiger partial charge >= 0.3 is 11.9 Å². The van der Waals surface area contributed by atoms with Crippen LogP contribution in [0.5, 0.6) is 0 Å². The molecule has 0 bridgehead atoms. The normalized spacial score (nSPS) is 13.3. The van der Waals surface area contributed by atoms with E-state index in [1.54, 1.807) is 0 Å². The molecule has 0 aliphatic heterocycles. The molecular weight excluding hydrogens is 1010 g/mol. The number of rotatable bonds is 61. The molecule has 0 aliphatic rings. The number of unbranched alkanes of at least 4 members (excludes halogenated alkanes) is 30. The summed E-state index contributed by atoms with van der Waals surface area (Å²) < 4.78 is 22.7. The molecule has 2 atom stereocenters. The van der Waals surface area contributed by atoms with Crippen molar-refractivity contribution in [2.75, 3.05) is 47.5 Å². The van der Waals surface area contributed by atoms with Gasteiger partial charge in [0.1, 0.15) is 13.2 Å². The van der Waals surface area contributed by atoms with Crippen molar-refractivity contribution in [3.63, 3.8) is 0 Å². The van der Waals surface area contributed by atoms with E-state index in [0.29, 0.717) is 23.9 Å². The van der Waals surface area contributed by atoms with E-state index in [2.05, 4.69) is 111 Å². The van der Waals surface area contributed by atoms with Crippen molar-refractivity contribution >= 4 is 17.9 Å². The third-order valence-electron chi connectivity index (χ3n) is 14.3. The minimum absolute atomic E-state index is 0.133. The lowest BCUT2D eigenvalue weighted by molar-refractivity contribution is -0.870. The first-order valence-corrected chi connectivity index (χ1v) is 33.4. The maximum atomic E-state index is 12.9. The third kappa shape index (κ3) is 63.6. The second-order valence-electron chi connectivity index (χ2n) is 23.4. The number of likely N-dealkylation sites (N-methyl/N-ethyl adjacent to an activating group) is 1. The van der Waals surface area contributed by atoms with Gasteiger partial charge in [-0.1, -0.05) is 278 Å². The predicted octanol–water partition coefficient (Wildman–Crippen LogP) is 19.1. The first kappa shape index (κ1) is 77.2. The largest absolute Gasteiger partial charge is 0.545 e. The molecule has 0 saturated carbocycles. The van der Waals surface area contributed by atoms with Crippen LogP contribution in [0.1, 0.15) is 284 Å². The third-order valence-corrected chi connectivity index (χ3v) is 14.3. The molecule has 0 rings (SSSR count). The molecule has 0 aliphatic carbocycles. The summed E-state index contributed by atoms with van der Waals surface area (Å²) in [5.74, 6) is -2.36. The lowest BCUT2D eigenvalue weighted by Crippen LogP contribution is -2.44. The number of hydrogen-bond acceptors (Lipinski definition) is 8. The van der Waals surface area contributed by atoms with E-state index in [1.165, 1.54) is 180 Å². The number of quaternary nitrogens is 1. The Kier molecular flexibility index (Phi) is 59.3. The minimum atomic E-state index is -1.64. The average molecular weight is 1130 g/mol. The quantitative estimate of drug-likeness (QED) is 0.0195. The Bertz CT molecular complexity index is 1650. The van der Waals surface area contributed by atoms with Crippen LogP contribution in [0.4, 0.5) is 0 Å². The van der Waals surface area contributed by atoms with Gasteiger partial charge in [-0.3, -0.25) is 9.59 Å². The van der Waals surface area contributed by atoms with E-state index >= 15 is 0 Å². The van der Waals surface area contributed by atoms with Crippen LogP contribution in [-0.2, 0) is 33.3 Å². The van der Waals surface area contributed by atoms with Crippen LogP contribution in [0.3, 0.4) is 0 Å². The van der Waals surface area contributed by atoms with Crippen molar-refractivity contribution in [2.24, 2.45) is 0 Å². The van der Waals surface area contributed by atoms with Crippen molar-refractivity contribution in [1.29, 1.82) is 0 Å². The van der Waals surface area contributed by atoms with Crippen LogP contribution in [0.2, 0.25) is 0 Å². The molecule has 0 heterocycles. The number of allylic oxidation sites excluding steroid dienone is 16. The molecule has 2 unspecified atom stereocenters. The summed E-state index contributed by atoms with van der Waals surface area (Å²) in [5.41, 5.74) is 0. The Morgan fingerprint density at radius 2 is 0.716 bits per heavy atom. The van der Waals surface area contributed by atoms with Gasteiger partial charge in [-0.15, -0.1) is 0 Å². The minimum Gasteiger partial charge on any atom is -0.545 e. The number of carbonyl (C=O) groups excluding carboxylic acids is 3. The Balaban J connectivity index is 4.17. The summed E-state index contributed by atoms with van der Waals surface area (Å²) in [6.45, 7) is 4.59. The zero-order chi connectivity index (χ0) is 59.1. The number of carboxylic acid groups (broad SMARTS) is 1. The van der Waals surface area contributed by atoms with Gasteiger partial charge in [0.2, 0.25) is 0 Å². The summed E-state index contributed by atoms with van der Waals surface area (Å²) >= 11 is 0. The van der Waals surface area contributed by atoms with Crippen molar-refractivity contribution < 1.29 is 42.9 Å². The highest BCUT2D eigenvalue weighted by atomic mass is 16.7. The Labute approximate surface area is 499 Å². The molecule has 0 N–H and O–H groups in total. The SMILES string of the molecule is CC/C=C\C/C=C\C/C=C\C/C=C\C/C=C\C/C=C\C/C=C\CCCC(=O)OC(COC(=O)CCCCCCCCCCCCCCCCCCCCCCC/C=C\CCCCCCCCCC)COC(OCC[N+](C)(C)C)C(=O)[O-]. The highest BCUT2D eigenvalue weighted by Gasteiger charge is 2.22. The van der Waals surface area contributed by atoms with Crippen molar-refractivity contribution in [3.05, 3.63) is 97.2 Å². The number of carbonyl (C=O) groups is 3. The van der Waals surface area contributed by atoms with Crippen LogP contribution in [0.25, 0.3) is 0 Å². The second-order valence-corrected chi connectivity index (χ2v) is 23.4. The van der Waals surface area contributed by atoms with E-state index in [0.717, 1.165) is 64.2 Å². The Hall–Kier alpha value is -3.79. The van der Waals surface area contributed by atoms with E-state index in [4.69, 9.17) is 18.9 Å². The number of nitrogens with zero attached hydrogens (tertiary/aromatic N) is 1. The number of hydrogen-bond donors (Lipinski definition) is 0. The first-order valence-electron chi connectivity index (χ1n) is 33.4. The Morgan fingerprint density at radius 3 is 1.10 bits per heavy atom. The van der Waals surface area contributed by atoms with Crippen molar-refractivity contribution in [2.45, 2.75) is 296 Å². The van der Waals surface area contributed by atoms with E-state index in [-0.39, 0.29) is 38.6 Å². The maximum absolute atomic E-state index is 12.9. The molecule has 466 valence electrons. The van der Waals surface area contributed by atoms with E-state index in [9.17, 15) is 19.5 Å². The number of aliphatic carboxylic acids is 1. The first-order chi connectivity index (χ1) is 39.6. The molecule has 0 spiro atoms. The summed E-state index contributed by atoms with van der Waals surface area (Å²) in [4.78, 5) is 37.4. The zero-order valence-electron chi connectivity index (χ0n) is 53.1. The zero-order valence-corrected chi connectivity index (χ0v) is 53.1. The van der Waals surface area contributed by atoms with Gasteiger partial charge in [-0.2, -0.15) is 0 Å². The van der Waals surface area contributed by atoms with Crippen LogP contribution in [0, 0.1) is 0 Å². The summed E-state index contributed by atoms with van der Waals surface area (Å²) in [6.07, 6.45) is 82.2. The van der Waals surface area contributed by atoms with Gasteiger partial charge in [0.05, 0.1) is 40.3 Å². The fraction of sp³-hybridized carbons (Fsp3) is 0.736. The molecule has 0 saturated heterocycles. The van der Waals surface area contributed by atoms with Gasteiger partial charge in [-0.25, -0.2) is 0 Å². The molecule has 0 amide bonds. The van der Waals surface area contributed by atoms with Crippen LogP contribution >= 0.6 is 0 Å². The van der Waals surface area contributed by atoms with E-state index < -0.39 is 24.3 Å². The van der Waals surface area contributed by atoms with Crippen LogP contribution in [-0.4, -0.2) is 82.3 Å². The van der Waals surface area contributed by atoms with E-state index in [1.807, 2.05) is 21.1 Å². The molecule has 81 heavy (non-hydrogen) atoms. The van der Waals surface area contributed by atoms with Gasteiger partial charge < -0.3 is 33.3 Å². The molecule has 0 aromatic heterocycles. The molecule has 0 radical (unpaired) electrons. The number of esters is 2. The molecule has 9 heteroatoms. The molecular formula is C72H125NO8. The fourth-order valence-corrected chi connectivity index (χ4v) is 9.23. The summed E-state index contributed by atoms with van der Waals surface area (Å²) in [6, 6.07) is 0. The average Bonchev–Trinajstić information content (AvgIpc) is 3.44. The highest BCUT2D eigenvalue weighted by molar-refractivity contribution is 5.70. The predicted molar refractivity (Wildman–Crippen MR) is 343 cm³/mol. The monoisotopic (exact) mass is 1130 g/mol. The van der Waals surface area contributed by atoms with Crippen LogP contribution < -0.4 is 5.11 Å². The summed E-state index contributed by atoms with van der Waals surface area (Å²) in [7, 11) is 5.90. The van der Waals surface area contributed by atoms with Gasteiger partial charge in [0.15, 0.2) is 12.4 Å². The molecule has 9 nitrogen and oxygen atoms in total. The molecule has 0 aromatic carbocycles. The van der Waals surface area contributed by atoms with Crippen LogP contribution in [0.15, 0.2) is 97.2 Å². The lowest BCUT2D eigenvalue weighted by atomic mass is 10.0. The number of ether oxygens (including phenoxy) is 4. The highest BCUT2D eigenvalue weighted by Crippen LogP contribution is 2.17. The topological polar surface area (TPSA) is 111 Å². The van der Waals surface area contributed by atoms with Crippen molar-refractivity contribution in [3.8, 4) is 0 Å². The van der Waals surface area contributed by atoms with Gasteiger partial charge in [-0.05, 0) is 89.9 Å². The standard InChI is InChI=1S/C72H125NO8/c1-6-8-10-12-14-16-18-20-22-24-26-28-30-31-32-33-34-35-36-37-38-39-41-42-44-46-48-50-52-54-56-58-60-62-69(74)79-66-68(67-80-72(71(76)77)78-65-64-73(3,4)5)81-70(75)63-61-59-57-55-53-51-49-47-45-43-40-29-27-25-23-21-19-17-15-13-11-9-7-2/h9,11,15,17,21,23-24,26-27,29,43,45,49,51,55,57,68,72H,6-8,10,12-14,16,18-20,22,25,28,30-42,44,46-48,50,52-54,56,58-67H2,1-5H3/b11-9-,17-15-,23-21-,26-24-,29-27-,45-43-,51-49-,57-55-. The number of carboxylic acids is 1. The Morgan fingerprint density at radius 1 is 0.383 bits per heavy atom. The summed E-state index contributed by atoms with van der Waals surface area (Å²) in [5, 5.41) is 11.8. The van der Waals surface area contributed by atoms with Crippen molar-refractivity contribution in [1.82, 2.24) is 0 Å². The molecule has 0 aromatic rings. The van der Waals surface area contributed by atoms with Gasteiger partial charge in [0.25, 0.3) is 0 Å². The second kappa shape index (κ2) is 62.3. The maximum Gasteiger partial charge on any atom is 0.306 e.